The van der Waals surface area contributed by atoms with E-state index in [1.54, 1.807) is 37.5 Å². The van der Waals surface area contributed by atoms with E-state index >= 15 is 0 Å². The number of rotatable bonds is 6. The number of carbonyl (C=O) groups excluding carboxylic acids is 2. The molecule has 2 aromatic rings. The average Bonchev–Trinajstić information content (AvgIpc) is 2.91. The standard InChI is InChI=1S/C20H16Cl2INO4S/c1-3-28-16-7-11(6-15(23)18(16)27-2)8-17-19(25)24(20(26)29-17)10-12-4-5-13(21)9-14(12)22/h4-9H,3,10H2,1-2H3/b17-8-. The summed E-state index contributed by atoms with van der Waals surface area (Å²) in [5.74, 6) is 0.852. The number of methoxy groups -OCH3 is 1. The van der Waals surface area contributed by atoms with Gasteiger partial charge in [-0.3, -0.25) is 14.5 Å². The summed E-state index contributed by atoms with van der Waals surface area (Å²) in [6.45, 7) is 2.45. The fourth-order valence-electron chi connectivity index (χ4n) is 2.74. The van der Waals surface area contributed by atoms with Crippen LogP contribution in [0.25, 0.3) is 6.08 Å². The molecule has 29 heavy (non-hydrogen) atoms. The normalized spacial score (nSPS) is 15.3. The second-order valence-electron chi connectivity index (χ2n) is 5.97. The molecular formula is C20H16Cl2INO4S. The fourth-order valence-corrected chi connectivity index (χ4v) is 4.89. The molecule has 0 aromatic heterocycles. The molecule has 1 aliphatic heterocycles. The lowest BCUT2D eigenvalue weighted by atomic mass is 10.1. The van der Waals surface area contributed by atoms with E-state index in [0.717, 1.165) is 20.9 Å². The van der Waals surface area contributed by atoms with Crippen LogP contribution in [0.5, 0.6) is 11.5 Å². The summed E-state index contributed by atoms with van der Waals surface area (Å²) < 4.78 is 11.9. The van der Waals surface area contributed by atoms with Crippen molar-refractivity contribution in [2.45, 2.75) is 13.5 Å². The third-order valence-electron chi connectivity index (χ3n) is 4.05. The van der Waals surface area contributed by atoms with Gasteiger partial charge in [0.25, 0.3) is 11.1 Å². The molecule has 152 valence electrons. The first-order chi connectivity index (χ1) is 13.8. The maximum Gasteiger partial charge on any atom is 0.293 e. The first-order valence-corrected chi connectivity index (χ1v) is 11.2. The zero-order valence-electron chi connectivity index (χ0n) is 15.5. The number of carbonyl (C=O) groups is 2. The van der Waals surface area contributed by atoms with Gasteiger partial charge in [0.1, 0.15) is 0 Å². The summed E-state index contributed by atoms with van der Waals surface area (Å²) in [6.07, 6.45) is 1.68. The highest BCUT2D eigenvalue weighted by molar-refractivity contribution is 14.1. The Morgan fingerprint density at radius 1 is 1.21 bits per heavy atom. The second-order valence-corrected chi connectivity index (χ2v) is 8.97. The fraction of sp³-hybridized carbons (Fsp3) is 0.200. The number of imide groups is 1. The summed E-state index contributed by atoms with van der Waals surface area (Å²) in [6, 6.07) is 8.62. The van der Waals surface area contributed by atoms with Crippen LogP contribution in [0.15, 0.2) is 35.2 Å². The molecule has 9 heteroatoms. The molecule has 0 N–H and O–H groups in total. The van der Waals surface area contributed by atoms with Gasteiger partial charge in [0.15, 0.2) is 11.5 Å². The molecule has 0 aliphatic carbocycles. The maximum atomic E-state index is 12.8. The summed E-state index contributed by atoms with van der Waals surface area (Å²) >= 11 is 15.1. The van der Waals surface area contributed by atoms with Gasteiger partial charge in [0.2, 0.25) is 0 Å². The topological polar surface area (TPSA) is 55.8 Å². The van der Waals surface area contributed by atoms with E-state index in [4.69, 9.17) is 32.7 Å². The van der Waals surface area contributed by atoms with Crippen LogP contribution >= 0.6 is 57.6 Å². The van der Waals surface area contributed by atoms with E-state index in [2.05, 4.69) is 22.6 Å². The second kappa shape index (κ2) is 9.59. The Balaban J connectivity index is 1.88. The zero-order chi connectivity index (χ0) is 21.1. The maximum absolute atomic E-state index is 12.8. The smallest absolute Gasteiger partial charge is 0.293 e. The van der Waals surface area contributed by atoms with Crippen molar-refractivity contribution in [1.29, 1.82) is 0 Å². The first-order valence-electron chi connectivity index (χ1n) is 8.53. The summed E-state index contributed by atoms with van der Waals surface area (Å²) in [7, 11) is 1.58. The Labute approximate surface area is 196 Å². The highest BCUT2D eigenvalue weighted by Crippen LogP contribution is 2.38. The van der Waals surface area contributed by atoms with Crippen molar-refractivity contribution in [1.82, 2.24) is 4.90 Å². The molecule has 2 amide bonds. The quantitative estimate of drug-likeness (QED) is 0.307. The van der Waals surface area contributed by atoms with Gasteiger partial charge in [-0.25, -0.2) is 0 Å². The van der Waals surface area contributed by atoms with E-state index in [9.17, 15) is 9.59 Å². The molecule has 5 nitrogen and oxygen atoms in total. The molecule has 1 aliphatic rings. The number of halogens is 3. The minimum atomic E-state index is -0.366. The first kappa shape index (κ1) is 22.3. The highest BCUT2D eigenvalue weighted by atomic mass is 127. The van der Waals surface area contributed by atoms with Crippen LogP contribution in [0.4, 0.5) is 4.79 Å². The molecule has 1 heterocycles. The third kappa shape index (κ3) is 5.02. The number of thioether (sulfide) groups is 1. The molecule has 1 fully saturated rings. The van der Waals surface area contributed by atoms with Crippen LogP contribution in [-0.4, -0.2) is 29.8 Å². The predicted molar refractivity (Wildman–Crippen MR) is 125 cm³/mol. The van der Waals surface area contributed by atoms with Gasteiger partial charge in [-0.05, 0) is 82.7 Å². The monoisotopic (exact) mass is 563 g/mol. The Hall–Kier alpha value is -1.42. The molecule has 0 saturated carbocycles. The molecule has 3 rings (SSSR count). The third-order valence-corrected chi connectivity index (χ3v) is 6.35. The van der Waals surface area contributed by atoms with Gasteiger partial charge in [0, 0.05) is 10.0 Å². The molecule has 0 bridgehead atoms. The minimum Gasteiger partial charge on any atom is -0.492 e. The van der Waals surface area contributed by atoms with Gasteiger partial charge >= 0.3 is 0 Å². The number of benzene rings is 2. The minimum absolute atomic E-state index is 0.0857. The molecule has 0 unspecified atom stereocenters. The van der Waals surface area contributed by atoms with E-state index in [1.165, 1.54) is 4.90 Å². The van der Waals surface area contributed by atoms with E-state index in [-0.39, 0.29) is 17.7 Å². The van der Waals surface area contributed by atoms with Crippen molar-refractivity contribution in [2.75, 3.05) is 13.7 Å². The Morgan fingerprint density at radius 2 is 1.97 bits per heavy atom. The summed E-state index contributed by atoms with van der Waals surface area (Å²) in [5, 5.41) is 0.555. The van der Waals surface area contributed by atoms with Gasteiger partial charge in [-0.1, -0.05) is 29.3 Å². The van der Waals surface area contributed by atoms with E-state index in [1.807, 2.05) is 13.0 Å². The van der Waals surface area contributed by atoms with Crippen LogP contribution in [-0.2, 0) is 11.3 Å². The number of amides is 2. The lowest BCUT2D eigenvalue weighted by molar-refractivity contribution is -0.123. The van der Waals surface area contributed by atoms with Crippen molar-refractivity contribution in [2.24, 2.45) is 0 Å². The predicted octanol–water partition coefficient (Wildman–Crippen LogP) is 6.24. The zero-order valence-corrected chi connectivity index (χ0v) is 20.0. The molecule has 2 aromatic carbocycles. The number of nitrogens with zero attached hydrogens (tertiary/aromatic N) is 1. The average molecular weight is 564 g/mol. The van der Waals surface area contributed by atoms with Gasteiger partial charge in [-0.2, -0.15) is 0 Å². The SMILES string of the molecule is CCOc1cc(/C=C2\SC(=O)N(Cc3ccc(Cl)cc3Cl)C2=O)cc(I)c1OC. The van der Waals surface area contributed by atoms with Gasteiger partial charge < -0.3 is 9.47 Å². The summed E-state index contributed by atoms with van der Waals surface area (Å²) in [4.78, 5) is 26.7. The van der Waals surface area contributed by atoms with Gasteiger partial charge in [0.05, 0.1) is 28.7 Å². The van der Waals surface area contributed by atoms with Crippen molar-refractivity contribution in [3.05, 3.63) is 60.0 Å². The largest absolute Gasteiger partial charge is 0.492 e. The lowest BCUT2D eigenvalue weighted by Crippen LogP contribution is -2.27. The van der Waals surface area contributed by atoms with Gasteiger partial charge in [-0.15, -0.1) is 0 Å². The molecule has 1 saturated heterocycles. The number of hydrogen-bond acceptors (Lipinski definition) is 5. The van der Waals surface area contributed by atoms with Crippen LogP contribution in [0.3, 0.4) is 0 Å². The Bertz CT molecular complexity index is 1010. The van der Waals surface area contributed by atoms with Crippen LogP contribution in [0.2, 0.25) is 10.0 Å². The van der Waals surface area contributed by atoms with Crippen molar-refractivity contribution >= 4 is 74.8 Å². The molecule has 0 radical (unpaired) electrons. The van der Waals surface area contributed by atoms with Crippen molar-refractivity contribution in [3.63, 3.8) is 0 Å². The van der Waals surface area contributed by atoms with Crippen LogP contribution in [0, 0.1) is 3.57 Å². The molecule has 0 spiro atoms. The molecule has 0 atom stereocenters. The highest BCUT2D eigenvalue weighted by Gasteiger charge is 2.35. The molecular weight excluding hydrogens is 548 g/mol. The number of ether oxygens (including phenoxy) is 2. The van der Waals surface area contributed by atoms with Crippen molar-refractivity contribution in [3.8, 4) is 11.5 Å². The van der Waals surface area contributed by atoms with Crippen molar-refractivity contribution < 1.29 is 19.1 Å². The van der Waals surface area contributed by atoms with E-state index < -0.39 is 0 Å². The lowest BCUT2D eigenvalue weighted by Gasteiger charge is -2.14. The summed E-state index contributed by atoms with van der Waals surface area (Å²) in [5.41, 5.74) is 1.39. The van der Waals surface area contributed by atoms with E-state index in [0.29, 0.717) is 38.6 Å². The van der Waals surface area contributed by atoms with Crippen LogP contribution in [0.1, 0.15) is 18.1 Å². The Kier molecular flexibility index (Phi) is 7.37. The number of hydrogen-bond donors (Lipinski definition) is 0. The Morgan fingerprint density at radius 3 is 2.62 bits per heavy atom. The van der Waals surface area contributed by atoms with Crippen LogP contribution < -0.4 is 9.47 Å².